The topological polar surface area (TPSA) is 32.3 Å². The van der Waals surface area contributed by atoms with Crippen LogP contribution in [0.25, 0.3) is 0 Å². The second-order valence-corrected chi connectivity index (χ2v) is 5.99. The molecule has 1 aromatic rings. The Kier molecular flexibility index (Phi) is 5.05. The molecule has 1 saturated heterocycles. The Balaban J connectivity index is 1.80. The largest absolute Gasteiger partial charge is 0.350 e. The van der Waals surface area contributed by atoms with Crippen molar-refractivity contribution >= 4 is 17.9 Å². The van der Waals surface area contributed by atoms with Gasteiger partial charge in [0.15, 0.2) is 0 Å². The Morgan fingerprint density at radius 2 is 2.21 bits per heavy atom. The zero-order valence-corrected chi connectivity index (χ0v) is 12.1. The molecule has 0 spiro atoms. The zero-order chi connectivity index (χ0) is 13.7. The lowest BCUT2D eigenvalue weighted by molar-refractivity contribution is -0.117. The number of piperidine rings is 1. The second kappa shape index (κ2) is 6.78. The minimum Gasteiger partial charge on any atom is -0.350 e. The van der Waals surface area contributed by atoms with Crippen molar-refractivity contribution in [3.8, 4) is 0 Å². The molecule has 1 aliphatic heterocycles. The van der Waals surface area contributed by atoms with E-state index in [1.54, 1.807) is 11.9 Å². The number of aryl methyl sites for hydroxylation is 1. The summed E-state index contributed by atoms with van der Waals surface area (Å²) in [4.78, 5) is 12.5. The van der Waals surface area contributed by atoms with Crippen LogP contribution < -0.4 is 5.32 Å². The maximum absolute atomic E-state index is 11.2. The van der Waals surface area contributed by atoms with Gasteiger partial charge in [0, 0.05) is 24.0 Å². The first-order valence-electron chi connectivity index (χ1n) is 6.60. The quantitative estimate of drug-likeness (QED) is 0.678. The molecule has 1 heterocycles. The molecule has 1 amide bonds. The summed E-state index contributed by atoms with van der Waals surface area (Å²) in [5.74, 6) is -0.0650. The fraction of sp³-hybridized carbons (Fsp3) is 0.400. The van der Waals surface area contributed by atoms with Gasteiger partial charge in [0.05, 0.1) is 0 Å². The Hall–Kier alpha value is -1.26. The third-order valence-corrected chi connectivity index (χ3v) is 4.30. The van der Waals surface area contributed by atoms with Crippen molar-refractivity contribution in [3.05, 3.63) is 42.5 Å². The van der Waals surface area contributed by atoms with Gasteiger partial charge in [-0.05, 0) is 55.5 Å². The number of nitrogens with one attached hydrogen (secondary N) is 1. The van der Waals surface area contributed by atoms with Crippen molar-refractivity contribution in [2.24, 2.45) is 0 Å². The molecule has 4 heteroatoms. The summed E-state index contributed by atoms with van der Waals surface area (Å²) in [7, 11) is 0. The molecule has 0 bridgehead atoms. The monoisotopic (exact) mass is 276 g/mol. The van der Waals surface area contributed by atoms with Gasteiger partial charge in [0.1, 0.15) is 0 Å². The summed E-state index contributed by atoms with van der Waals surface area (Å²) in [5.41, 5.74) is 1.29. The van der Waals surface area contributed by atoms with Crippen LogP contribution in [0.4, 0.5) is 0 Å². The molecule has 102 valence electrons. The first-order valence-corrected chi connectivity index (χ1v) is 7.37. The van der Waals surface area contributed by atoms with Gasteiger partial charge in [-0.25, -0.2) is 4.31 Å². The van der Waals surface area contributed by atoms with Crippen LogP contribution in [-0.2, 0) is 4.79 Å². The molecule has 19 heavy (non-hydrogen) atoms. The minimum absolute atomic E-state index is 0.0650. The highest BCUT2D eigenvalue weighted by atomic mass is 32.2. The number of benzene rings is 1. The van der Waals surface area contributed by atoms with Gasteiger partial charge in [-0.2, -0.15) is 0 Å². The van der Waals surface area contributed by atoms with Crippen molar-refractivity contribution in [2.45, 2.75) is 30.7 Å². The lowest BCUT2D eigenvalue weighted by Gasteiger charge is -2.31. The van der Waals surface area contributed by atoms with Crippen molar-refractivity contribution in [2.75, 3.05) is 13.1 Å². The Morgan fingerprint density at radius 1 is 1.47 bits per heavy atom. The summed E-state index contributed by atoms with van der Waals surface area (Å²) in [6.07, 6.45) is 3.34. The standard InChI is InChI=1S/C15H20N2OS/c1-3-15(18)16-13-7-9-17(10-8-13)19-14-6-4-5-12(2)11-14/h3-6,11,13H,1,7-10H2,2H3,(H,16,18). The molecular weight excluding hydrogens is 256 g/mol. The van der Waals surface area contributed by atoms with Gasteiger partial charge >= 0.3 is 0 Å². The molecule has 3 nitrogen and oxygen atoms in total. The van der Waals surface area contributed by atoms with Crippen molar-refractivity contribution in [1.29, 1.82) is 0 Å². The van der Waals surface area contributed by atoms with Gasteiger partial charge in [-0.1, -0.05) is 18.7 Å². The fourth-order valence-electron chi connectivity index (χ4n) is 2.17. The van der Waals surface area contributed by atoms with Gasteiger partial charge in [-0.3, -0.25) is 4.79 Å². The number of amides is 1. The van der Waals surface area contributed by atoms with E-state index in [2.05, 4.69) is 47.4 Å². The van der Waals surface area contributed by atoms with Gasteiger partial charge in [0.2, 0.25) is 5.91 Å². The van der Waals surface area contributed by atoms with Crippen molar-refractivity contribution < 1.29 is 4.79 Å². The minimum atomic E-state index is -0.0650. The van der Waals surface area contributed by atoms with Gasteiger partial charge in [0.25, 0.3) is 0 Å². The van der Waals surface area contributed by atoms with Crippen LogP contribution in [0.15, 0.2) is 41.8 Å². The summed E-state index contributed by atoms with van der Waals surface area (Å²) in [5, 5.41) is 2.97. The molecule has 0 atom stereocenters. The molecule has 0 aromatic heterocycles. The molecule has 1 aromatic carbocycles. The predicted octanol–water partition coefficient (Wildman–Crippen LogP) is 2.77. The third kappa shape index (κ3) is 4.40. The van der Waals surface area contributed by atoms with Crippen LogP contribution in [0.2, 0.25) is 0 Å². The molecule has 0 saturated carbocycles. The molecule has 1 fully saturated rings. The normalized spacial score (nSPS) is 17.1. The van der Waals surface area contributed by atoms with Crippen LogP contribution in [0, 0.1) is 6.92 Å². The third-order valence-electron chi connectivity index (χ3n) is 3.21. The van der Waals surface area contributed by atoms with E-state index in [1.165, 1.54) is 16.5 Å². The molecule has 0 aliphatic carbocycles. The molecule has 2 rings (SSSR count). The van der Waals surface area contributed by atoms with Crippen LogP contribution in [0.5, 0.6) is 0 Å². The Morgan fingerprint density at radius 3 is 2.84 bits per heavy atom. The van der Waals surface area contributed by atoms with E-state index in [-0.39, 0.29) is 5.91 Å². The number of hydrogen-bond donors (Lipinski definition) is 1. The maximum Gasteiger partial charge on any atom is 0.243 e. The summed E-state index contributed by atoms with van der Waals surface area (Å²) < 4.78 is 2.37. The fourth-order valence-corrected chi connectivity index (χ4v) is 3.24. The number of nitrogens with zero attached hydrogens (tertiary/aromatic N) is 1. The maximum atomic E-state index is 11.2. The van der Waals surface area contributed by atoms with E-state index in [9.17, 15) is 4.79 Å². The number of carbonyl (C=O) groups is 1. The zero-order valence-electron chi connectivity index (χ0n) is 11.3. The van der Waals surface area contributed by atoms with Crippen LogP contribution >= 0.6 is 11.9 Å². The highest BCUT2D eigenvalue weighted by Crippen LogP contribution is 2.26. The SMILES string of the molecule is C=CC(=O)NC1CCN(Sc2cccc(C)c2)CC1. The lowest BCUT2D eigenvalue weighted by atomic mass is 10.1. The van der Waals surface area contributed by atoms with Crippen molar-refractivity contribution in [1.82, 2.24) is 9.62 Å². The first kappa shape index (κ1) is 14.2. The van der Waals surface area contributed by atoms with E-state index >= 15 is 0 Å². The van der Waals surface area contributed by atoms with E-state index in [1.807, 2.05) is 0 Å². The number of rotatable bonds is 4. The Bertz CT molecular complexity index is 453. The highest BCUT2D eigenvalue weighted by Gasteiger charge is 2.20. The first-order chi connectivity index (χ1) is 9.17. The van der Waals surface area contributed by atoms with E-state index in [0.29, 0.717) is 6.04 Å². The van der Waals surface area contributed by atoms with E-state index < -0.39 is 0 Å². The van der Waals surface area contributed by atoms with Crippen LogP contribution in [0.3, 0.4) is 0 Å². The number of carbonyl (C=O) groups excluding carboxylic acids is 1. The molecule has 0 unspecified atom stereocenters. The Labute approximate surface area is 119 Å². The molecule has 1 aliphatic rings. The highest BCUT2D eigenvalue weighted by molar-refractivity contribution is 7.97. The van der Waals surface area contributed by atoms with Crippen molar-refractivity contribution in [3.63, 3.8) is 0 Å². The summed E-state index contributed by atoms with van der Waals surface area (Å²) >= 11 is 1.81. The van der Waals surface area contributed by atoms with E-state index in [0.717, 1.165) is 25.9 Å². The van der Waals surface area contributed by atoms with Gasteiger partial charge < -0.3 is 5.32 Å². The summed E-state index contributed by atoms with van der Waals surface area (Å²) in [6.45, 7) is 7.59. The second-order valence-electron chi connectivity index (χ2n) is 4.82. The van der Waals surface area contributed by atoms with Crippen LogP contribution in [0.1, 0.15) is 18.4 Å². The predicted molar refractivity (Wildman–Crippen MR) is 80.0 cm³/mol. The lowest BCUT2D eigenvalue weighted by Crippen LogP contribution is -2.42. The van der Waals surface area contributed by atoms with Gasteiger partial charge in [-0.15, -0.1) is 0 Å². The average Bonchev–Trinajstić information content (AvgIpc) is 2.41. The molecule has 1 N–H and O–H groups in total. The number of hydrogen-bond acceptors (Lipinski definition) is 3. The summed E-state index contributed by atoms with van der Waals surface area (Å²) in [6, 6.07) is 8.84. The van der Waals surface area contributed by atoms with E-state index in [4.69, 9.17) is 0 Å². The molecule has 0 radical (unpaired) electrons. The smallest absolute Gasteiger partial charge is 0.243 e. The molecular formula is C15H20N2OS. The van der Waals surface area contributed by atoms with Crippen LogP contribution in [-0.4, -0.2) is 29.3 Å². The average molecular weight is 276 g/mol.